The first-order chi connectivity index (χ1) is 11.0. The van der Waals surface area contributed by atoms with E-state index in [0.29, 0.717) is 0 Å². The maximum atomic E-state index is 12.7. The molecule has 2 amide bonds. The van der Waals surface area contributed by atoms with Crippen LogP contribution < -0.4 is 18.8 Å². The molecule has 0 fully saturated rings. The lowest BCUT2D eigenvalue weighted by molar-refractivity contribution is 0.255. The van der Waals surface area contributed by atoms with Crippen LogP contribution in [0.25, 0.3) is 0 Å². The number of ether oxygens (including phenoxy) is 1. The minimum absolute atomic E-state index is 0.0756. The van der Waals surface area contributed by atoms with Crippen molar-refractivity contribution in [3.8, 4) is 5.75 Å². The molecule has 2 aromatic rings. The molecule has 0 saturated carbocycles. The maximum Gasteiger partial charge on any atom is 0.339 e. The Hall–Kier alpha value is -2.34. The topological polar surface area (TPSA) is 36.0 Å². The van der Waals surface area contributed by atoms with E-state index in [1.807, 2.05) is 61.5 Å². The SMILES string of the molecule is COc1ccc2c(c1)N(C)C(=O)N(c1ccc(N(C)C)cc1)S2. The van der Waals surface area contributed by atoms with Crippen molar-refractivity contribution in [2.75, 3.05) is 42.4 Å². The number of methoxy groups -OCH3 is 1. The molecule has 0 saturated heterocycles. The quantitative estimate of drug-likeness (QED) is 0.802. The van der Waals surface area contributed by atoms with Crippen molar-refractivity contribution in [3.05, 3.63) is 42.5 Å². The Bertz CT molecular complexity index is 731. The zero-order valence-corrected chi connectivity index (χ0v) is 14.4. The average Bonchev–Trinajstić information content (AvgIpc) is 2.58. The predicted molar refractivity (Wildman–Crippen MR) is 95.9 cm³/mol. The summed E-state index contributed by atoms with van der Waals surface area (Å²) in [5, 5.41) is 0. The van der Waals surface area contributed by atoms with Crippen molar-refractivity contribution in [2.45, 2.75) is 4.90 Å². The number of hydrogen-bond acceptors (Lipinski definition) is 4. The first kappa shape index (κ1) is 15.6. The van der Waals surface area contributed by atoms with E-state index in [4.69, 9.17) is 4.74 Å². The van der Waals surface area contributed by atoms with Gasteiger partial charge < -0.3 is 9.64 Å². The summed E-state index contributed by atoms with van der Waals surface area (Å²) in [6.45, 7) is 0. The lowest BCUT2D eigenvalue weighted by atomic mass is 10.2. The van der Waals surface area contributed by atoms with Crippen LogP contribution in [-0.4, -0.2) is 34.3 Å². The Morgan fingerprint density at radius 3 is 2.39 bits per heavy atom. The van der Waals surface area contributed by atoms with Gasteiger partial charge in [-0.3, -0.25) is 4.90 Å². The van der Waals surface area contributed by atoms with Crippen LogP contribution in [0, 0.1) is 0 Å². The van der Waals surface area contributed by atoms with Crippen molar-refractivity contribution >= 4 is 35.0 Å². The molecule has 0 bridgehead atoms. The molecular weight excluding hydrogens is 310 g/mol. The molecule has 3 rings (SSSR count). The van der Waals surface area contributed by atoms with Crippen LogP contribution in [-0.2, 0) is 0 Å². The third kappa shape index (κ3) is 2.82. The normalized spacial score (nSPS) is 13.8. The number of carbonyl (C=O) groups is 1. The van der Waals surface area contributed by atoms with Crippen molar-refractivity contribution in [2.24, 2.45) is 0 Å². The zero-order chi connectivity index (χ0) is 16.6. The molecule has 23 heavy (non-hydrogen) atoms. The van der Waals surface area contributed by atoms with Crippen LogP contribution in [0.15, 0.2) is 47.4 Å². The van der Waals surface area contributed by atoms with Gasteiger partial charge in [-0.1, -0.05) is 0 Å². The number of amides is 2. The molecule has 1 aliphatic rings. The fourth-order valence-corrected chi connectivity index (χ4v) is 3.43. The van der Waals surface area contributed by atoms with Gasteiger partial charge in [-0.05, 0) is 48.3 Å². The molecule has 0 unspecified atom stereocenters. The molecule has 2 aromatic carbocycles. The fourth-order valence-electron chi connectivity index (χ4n) is 2.39. The number of benzene rings is 2. The minimum atomic E-state index is -0.0756. The average molecular weight is 329 g/mol. The number of nitrogens with zero attached hydrogens (tertiary/aromatic N) is 3. The van der Waals surface area contributed by atoms with E-state index in [2.05, 4.69) is 0 Å². The zero-order valence-electron chi connectivity index (χ0n) is 13.6. The fraction of sp³-hybridized carbons (Fsp3) is 0.235. The summed E-state index contributed by atoms with van der Waals surface area (Å²) >= 11 is 1.43. The first-order valence-electron chi connectivity index (χ1n) is 7.22. The molecule has 6 heteroatoms. The van der Waals surface area contributed by atoms with Crippen LogP contribution in [0.3, 0.4) is 0 Å². The van der Waals surface area contributed by atoms with E-state index in [1.165, 1.54) is 11.9 Å². The third-order valence-electron chi connectivity index (χ3n) is 3.78. The Labute approximate surface area is 140 Å². The second-order valence-corrected chi connectivity index (χ2v) is 6.46. The third-order valence-corrected chi connectivity index (χ3v) is 4.87. The van der Waals surface area contributed by atoms with Gasteiger partial charge in [0.15, 0.2) is 0 Å². The lowest BCUT2D eigenvalue weighted by Gasteiger charge is -2.33. The molecule has 0 spiro atoms. The van der Waals surface area contributed by atoms with Gasteiger partial charge in [-0.25, -0.2) is 9.10 Å². The van der Waals surface area contributed by atoms with Gasteiger partial charge in [0.25, 0.3) is 0 Å². The molecule has 0 N–H and O–H groups in total. The van der Waals surface area contributed by atoms with Crippen molar-refractivity contribution in [1.82, 2.24) is 0 Å². The highest BCUT2D eigenvalue weighted by atomic mass is 32.2. The molecule has 0 aliphatic carbocycles. The summed E-state index contributed by atoms with van der Waals surface area (Å²) in [5.74, 6) is 0.743. The molecule has 1 aliphatic heterocycles. The number of carbonyl (C=O) groups excluding carboxylic acids is 1. The highest BCUT2D eigenvalue weighted by molar-refractivity contribution is 8.01. The van der Waals surface area contributed by atoms with Gasteiger partial charge in [0.2, 0.25) is 0 Å². The molecule has 120 valence electrons. The van der Waals surface area contributed by atoms with Crippen LogP contribution in [0.4, 0.5) is 21.9 Å². The smallest absolute Gasteiger partial charge is 0.339 e. The highest BCUT2D eigenvalue weighted by Gasteiger charge is 2.30. The molecule has 1 heterocycles. The highest BCUT2D eigenvalue weighted by Crippen LogP contribution is 2.42. The molecule has 0 radical (unpaired) electrons. The predicted octanol–water partition coefficient (Wildman–Crippen LogP) is 3.84. The van der Waals surface area contributed by atoms with E-state index in [0.717, 1.165) is 27.7 Å². The van der Waals surface area contributed by atoms with Gasteiger partial charge in [-0.15, -0.1) is 0 Å². The summed E-state index contributed by atoms with van der Waals surface area (Å²) in [7, 11) is 7.39. The van der Waals surface area contributed by atoms with Crippen LogP contribution in [0.5, 0.6) is 5.75 Å². The Morgan fingerprint density at radius 1 is 1.09 bits per heavy atom. The lowest BCUT2D eigenvalue weighted by Crippen LogP contribution is -2.40. The molecule has 5 nitrogen and oxygen atoms in total. The minimum Gasteiger partial charge on any atom is -0.497 e. The number of anilines is 3. The maximum absolute atomic E-state index is 12.7. The van der Waals surface area contributed by atoms with E-state index >= 15 is 0 Å². The summed E-state index contributed by atoms with van der Waals surface area (Å²) in [4.78, 5) is 17.4. The molecular formula is C17H19N3O2S. The van der Waals surface area contributed by atoms with E-state index in [1.54, 1.807) is 23.4 Å². The first-order valence-corrected chi connectivity index (χ1v) is 8.00. The Kier molecular flexibility index (Phi) is 4.09. The van der Waals surface area contributed by atoms with Gasteiger partial charge >= 0.3 is 6.03 Å². The molecule has 0 aromatic heterocycles. The van der Waals surface area contributed by atoms with E-state index in [9.17, 15) is 4.79 Å². The second-order valence-electron chi connectivity index (χ2n) is 5.47. The van der Waals surface area contributed by atoms with Gasteiger partial charge in [0, 0.05) is 32.9 Å². The van der Waals surface area contributed by atoms with Crippen molar-refractivity contribution < 1.29 is 9.53 Å². The summed E-state index contributed by atoms with van der Waals surface area (Å²) in [6, 6.07) is 13.6. The Balaban J connectivity index is 1.94. The van der Waals surface area contributed by atoms with Crippen molar-refractivity contribution in [3.63, 3.8) is 0 Å². The Morgan fingerprint density at radius 2 is 1.78 bits per heavy atom. The summed E-state index contributed by atoms with van der Waals surface area (Å²) in [5.41, 5.74) is 2.82. The summed E-state index contributed by atoms with van der Waals surface area (Å²) in [6.07, 6.45) is 0. The van der Waals surface area contributed by atoms with Crippen LogP contribution in [0.2, 0.25) is 0 Å². The molecule has 0 atom stereocenters. The van der Waals surface area contributed by atoms with Crippen LogP contribution in [0.1, 0.15) is 0 Å². The summed E-state index contributed by atoms with van der Waals surface area (Å²) < 4.78 is 6.95. The second kappa shape index (κ2) is 6.04. The van der Waals surface area contributed by atoms with Crippen molar-refractivity contribution in [1.29, 1.82) is 0 Å². The van der Waals surface area contributed by atoms with Crippen LogP contribution >= 0.6 is 11.9 Å². The number of urea groups is 1. The monoisotopic (exact) mass is 329 g/mol. The van der Waals surface area contributed by atoms with E-state index < -0.39 is 0 Å². The largest absolute Gasteiger partial charge is 0.497 e. The standard InChI is InChI=1S/C17H19N3O2S/c1-18(2)12-5-7-13(8-6-12)20-17(21)19(3)15-11-14(22-4)9-10-16(15)23-20/h5-11H,1-4H3. The van der Waals surface area contributed by atoms with Gasteiger partial charge in [0.05, 0.1) is 23.4 Å². The number of fused-ring (bicyclic) bond motifs is 1. The number of rotatable bonds is 3. The van der Waals surface area contributed by atoms with E-state index in [-0.39, 0.29) is 6.03 Å². The van der Waals surface area contributed by atoms with Gasteiger partial charge in [-0.2, -0.15) is 0 Å². The number of hydrogen-bond donors (Lipinski definition) is 0. The van der Waals surface area contributed by atoms with Gasteiger partial charge in [0.1, 0.15) is 5.75 Å².